The summed E-state index contributed by atoms with van der Waals surface area (Å²) in [6.07, 6.45) is 3.37. The third-order valence-corrected chi connectivity index (χ3v) is 3.66. The molecule has 0 unspecified atom stereocenters. The van der Waals surface area contributed by atoms with Gasteiger partial charge in [0, 0.05) is 22.9 Å². The smallest absolute Gasteiger partial charge is 0.292 e. The number of aromatic amines is 1. The summed E-state index contributed by atoms with van der Waals surface area (Å²) in [5.74, 6) is 0.448. The molecule has 0 amide bonds. The van der Waals surface area contributed by atoms with Crippen LogP contribution in [0.2, 0.25) is 0 Å². The summed E-state index contributed by atoms with van der Waals surface area (Å²) in [7, 11) is 1.45. The second-order valence-electron chi connectivity index (χ2n) is 3.82. The van der Waals surface area contributed by atoms with Gasteiger partial charge in [0.2, 0.25) is 0 Å². The first kappa shape index (κ1) is 10.7. The highest BCUT2D eigenvalue weighted by molar-refractivity contribution is 8.13. The van der Waals surface area contributed by atoms with Gasteiger partial charge in [-0.15, -0.1) is 10.2 Å². The first-order chi connectivity index (χ1) is 8.07. The van der Waals surface area contributed by atoms with E-state index in [9.17, 15) is 8.42 Å². The Morgan fingerprint density at radius 1 is 1.41 bits per heavy atom. The van der Waals surface area contributed by atoms with Crippen molar-refractivity contribution < 1.29 is 8.42 Å². The van der Waals surface area contributed by atoms with Gasteiger partial charge in [0.05, 0.1) is 0 Å². The minimum Gasteiger partial charge on any atom is -0.292 e. The highest BCUT2D eigenvalue weighted by Crippen LogP contribution is 2.39. The van der Waals surface area contributed by atoms with Crippen LogP contribution in [0, 0.1) is 0 Å². The van der Waals surface area contributed by atoms with E-state index in [0.717, 1.165) is 12.8 Å². The van der Waals surface area contributed by atoms with Crippen LogP contribution < -0.4 is 0 Å². The molecule has 0 bridgehead atoms. The van der Waals surface area contributed by atoms with Crippen molar-refractivity contribution in [3.05, 3.63) is 12.3 Å². The maximum atomic E-state index is 11.4. The molecular weight excluding hydrogens is 266 g/mol. The van der Waals surface area contributed by atoms with Crippen molar-refractivity contribution in [2.24, 2.45) is 0 Å². The lowest BCUT2D eigenvalue weighted by atomic mass is 10.4. The predicted molar refractivity (Wildman–Crippen MR) is 58.9 cm³/mol. The minimum atomic E-state index is -3.88. The average Bonchev–Trinajstić information content (AvgIpc) is 2.81. The fourth-order valence-electron chi connectivity index (χ4n) is 1.67. The molecule has 1 aliphatic carbocycles. The molecule has 3 rings (SSSR count). The van der Waals surface area contributed by atoms with Crippen molar-refractivity contribution in [2.45, 2.75) is 24.0 Å². The van der Waals surface area contributed by atoms with Gasteiger partial charge in [-0.2, -0.15) is 5.10 Å². The molecule has 2 heterocycles. The Labute approximate surface area is 101 Å². The van der Waals surface area contributed by atoms with Crippen molar-refractivity contribution >= 4 is 19.7 Å². The third-order valence-electron chi connectivity index (χ3n) is 2.54. The fraction of sp³-hybridized carbons (Fsp3) is 0.375. The Bertz CT molecular complexity index is 644. The lowest BCUT2D eigenvalue weighted by molar-refractivity contribution is 0.579. The number of hydrogen-bond donors (Lipinski definition) is 1. The Kier molecular flexibility index (Phi) is 2.23. The number of hydrogen-bond acceptors (Lipinski definition) is 5. The van der Waals surface area contributed by atoms with Gasteiger partial charge < -0.3 is 0 Å². The summed E-state index contributed by atoms with van der Waals surface area (Å²) < 4.78 is 24.3. The zero-order valence-corrected chi connectivity index (χ0v) is 10.1. The van der Waals surface area contributed by atoms with Crippen molar-refractivity contribution in [3.8, 4) is 11.5 Å². The van der Waals surface area contributed by atoms with Crippen LogP contribution in [0.4, 0.5) is 0 Å². The van der Waals surface area contributed by atoms with Crippen LogP contribution in [-0.2, 0) is 9.05 Å². The lowest BCUT2D eigenvalue weighted by Gasteiger charge is -2.04. The van der Waals surface area contributed by atoms with Crippen LogP contribution in [0.3, 0.4) is 0 Å². The number of rotatable bonds is 3. The number of halogens is 1. The normalized spacial score (nSPS) is 16.3. The Morgan fingerprint density at radius 3 is 2.71 bits per heavy atom. The van der Waals surface area contributed by atoms with E-state index < -0.39 is 9.05 Å². The second-order valence-corrected chi connectivity index (χ2v) is 6.28. The van der Waals surface area contributed by atoms with E-state index in [4.69, 9.17) is 10.7 Å². The molecule has 0 atom stereocenters. The summed E-state index contributed by atoms with van der Waals surface area (Å²) in [4.78, 5) is 0. The van der Waals surface area contributed by atoms with Gasteiger partial charge in [-0.25, -0.2) is 8.42 Å². The van der Waals surface area contributed by atoms with Crippen LogP contribution in [0.25, 0.3) is 11.5 Å². The molecule has 1 aliphatic rings. The first-order valence-corrected chi connectivity index (χ1v) is 7.27. The van der Waals surface area contributed by atoms with Gasteiger partial charge >= 0.3 is 0 Å². The van der Waals surface area contributed by atoms with Crippen molar-refractivity contribution in [3.63, 3.8) is 0 Å². The predicted octanol–water partition coefficient (Wildman–Crippen LogP) is 0.931. The molecule has 0 radical (unpaired) electrons. The standard InChI is InChI=1S/C8H8ClN5O2S/c9-17(15,16)8-13-12-7(6-3-4-10-11-6)14(8)5-1-2-5/h3-5H,1-2H2,(H,10,11). The molecule has 9 heteroatoms. The van der Waals surface area contributed by atoms with E-state index in [1.807, 2.05) is 0 Å². The van der Waals surface area contributed by atoms with Crippen molar-refractivity contribution in [1.82, 2.24) is 25.0 Å². The molecule has 90 valence electrons. The Balaban J connectivity index is 2.21. The van der Waals surface area contributed by atoms with E-state index in [2.05, 4.69) is 20.4 Å². The van der Waals surface area contributed by atoms with Crippen LogP contribution in [-0.4, -0.2) is 33.4 Å². The molecule has 1 N–H and O–H groups in total. The largest absolute Gasteiger partial charge is 0.296 e. The van der Waals surface area contributed by atoms with Crippen LogP contribution in [0.1, 0.15) is 18.9 Å². The summed E-state index contributed by atoms with van der Waals surface area (Å²) in [5.41, 5.74) is 0.621. The van der Waals surface area contributed by atoms with Gasteiger partial charge in [0.15, 0.2) is 5.82 Å². The molecule has 0 aromatic carbocycles. The summed E-state index contributed by atoms with van der Waals surface area (Å²) in [5, 5.41) is 13.8. The van der Waals surface area contributed by atoms with Crippen LogP contribution in [0.15, 0.2) is 17.4 Å². The molecule has 7 nitrogen and oxygen atoms in total. The zero-order chi connectivity index (χ0) is 12.0. The highest BCUT2D eigenvalue weighted by Gasteiger charge is 2.34. The number of aromatic nitrogens is 5. The van der Waals surface area contributed by atoms with Gasteiger partial charge in [-0.3, -0.25) is 9.67 Å². The maximum absolute atomic E-state index is 11.4. The molecule has 2 aromatic heterocycles. The Hall–Kier alpha value is -1.41. The van der Waals surface area contributed by atoms with E-state index in [0.29, 0.717) is 11.5 Å². The first-order valence-electron chi connectivity index (χ1n) is 4.96. The lowest BCUT2D eigenvalue weighted by Crippen LogP contribution is -2.06. The van der Waals surface area contributed by atoms with Crippen LogP contribution >= 0.6 is 10.7 Å². The molecule has 1 saturated carbocycles. The third kappa shape index (κ3) is 1.83. The highest BCUT2D eigenvalue weighted by atomic mass is 35.7. The van der Waals surface area contributed by atoms with E-state index in [1.54, 1.807) is 16.8 Å². The average molecular weight is 274 g/mol. The second kappa shape index (κ2) is 3.54. The number of nitrogens with zero attached hydrogens (tertiary/aromatic N) is 4. The topological polar surface area (TPSA) is 93.5 Å². The fourth-order valence-corrected chi connectivity index (χ4v) is 2.59. The molecule has 1 fully saturated rings. The van der Waals surface area contributed by atoms with Crippen molar-refractivity contribution in [2.75, 3.05) is 0 Å². The van der Waals surface area contributed by atoms with Crippen LogP contribution in [0.5, 0.6) is 0 Å². The molecule has 2 aromatic rings. The minimum absolute atomic E-state index is 0.104. The summed E-state index contributed by atoms with van der Waals surface area (Å²) in [6, 6.07) is 1.81. The van der Waals surface area contributed by atoms with E-state index in [-0.39, 0.29) is 11.2 Å². The molecule has 0 saturated heterocycles. The van der Waals surface area contributed by atoms with Gasteiger partial charge in [0.1, 0.15) is 5.69 Å². The maximum Gasteiger partial charge on any atom is 0.296 e. The summed E-state index contributed by atoms with van der Waals surface area (Å²) >= 11 is 0. The zero-order valence-electron chi connectivity index (χ0n) is 8.54. The molecule has 0 aliphatic heterocycles. The monoisotopic (exact) mass is 273 g/mol. The number of nitrogens with one attached hydrogen (secondary N) is 1. The van der Waals surface area contributed by atoms with Gasteiger partial charge in [-0.1, -0.05) is 0 Å². The van der Waals surface area contributed by atoms with E-state index in [1.165, 1.54) is 0 Å². The molecule has 0 spiro atoms. The van der Waals surface area contributed by atoms with Crippen molar-refractivity contribution in [1.29, 1.82) is 0 Å². The van der Waals surface area contributed by atoms with Gasteiger partial charge in [-0.05, 0) is 18.9 Å². The number of H-pyrrole nitrogens is 1. The SMILES string of the molecule is O=S(=O)(Cl)c1nnc(-c2ccn[nH]2)n1C1CC1. The van der Waals surface area contributed by atoms with Gasteiger partial charge in [0.25, 0.3) is 14.2 Å². The molecular formula is C8H8ClN5O2S. The molecule has 17 heavy (non-hydrogen) atoms. The Morgan fingerprint density at radius 2 is 2.18 bits per heavy atom. The summed E-state index contributed by atoms with van der Waals surface area (Å²) in [6.45, 7) is 0. The van der Waals surface area contributed by atoms with E-state index >= 15 is 0 Å². The quantitative estimate of drug-likeness (QED) is 0.840.